The van der Waals surface area contributed by atoms with Crippen LogP contribution in [0.3, 0.4) is 0 Å². The third-order valence-electron chi connectivity index (χ3n) is 6.23. The van der Waals surface area contributed by atoms with Crippen molar-refractivity contribution >= 4 is 18.5 Å². The molecule has 0 unspecified atom stereocenters. The van der Waals surface area contributed by atoms with E-state index in [0.717, 1.165) is 23.0 Å². The van der Waals surface area contributed by atoms with Gasteiger partial charge in [0.15, 0.2) is 0 Å². The van der Waals surface area contributed by atoms with Crippen LogP contribution in [0.2, 0.25) is 0 Å². The molecule has 6 nitrogen and oxygen atoms in total. The Bertz CT molecular complexity index is 897. The van der Waals surface area contributed by atoms with E-state index in [9.17, 15) is 4.79 Å². The smallest absolute Gasteiger partial charge is 0.494 e. The Morgan fingerprint density at radius 2 is 1.79 bits per heavy atom. The lowest BCUT2D eigenvalue weighted by molar-refractivity contribution is 0.00578. The molecular weight excluding hydrogens is 367 g/mol. The molecule has 3 heterocycles. The van der Waals surface area contributed by atoms with Crippen molar-refractivity contribution in [3.63, 3.8) is 0 Å². The minimum absolute atomic E-state index is 0.0135. The zero-order valence-electron chi connectivity index (χ0n) is 17.7. The molecule has 1 aromatic heterocycles. The SMILES string of the molecule is COc1cc(B2OC(C)(C)C(C)(C)O2)cc2c1C(=O)N(Cc1ccncc1)CC2. The van der Waals surface area contributed by atoms with Crippen molar-refractivity contribution in [3.8, 4) is 5.75 Å². The van der Waals surface area contributed by atoms with Crippen molar-refractivity contribution in [3.05, 3.63) is 53.3 Å². The van der Waals surface area contributed by atoms with Gasteiger partial charge in [0.2, 0.25) is 0 Å². The normalized spacial score (nSPS) is 20.0. The van der Waals surface area contributed by atoms with E-state index in [0.29, 0.717) is 24.4 Å². The predicted octanol–water partition coefficient (Wildman–Crippen LogP) is 2.59. The van der Waals surface area contributed by atoms with Gasteiger partial charge in [0.05, 0.1) is 23.9 Å². The van der Waals surface area contributed by atoms with Crippen molar-refractivity contribution in [2.45, 2.75) is 51.9 Å². The number of ether oxygens (including phenoxy) is 1. The standard InChI is InChI=1S/C22H27BN2O4/c1-21(2)22(3,4)29-23(28-21)17-12-16-8-11-25(14-15-6-9-24-10-7-15)20(26)19(16)18(13-17)27-5/h6-7,9-10,12-13H,8,11,14H2,1-5H3. The fraction of sp³-hybridized carbons (Fsp3) is 0.455. The summed E-state index contributed by atoms with van der Waals surface area (Å²) in [6.45, 7) is 9.34. The van der Waals surface area contributed by atoms with E-state index in [1.54, 1.807) is 19.5 Å². The van der Waals surface area contributed by atoms with Crippen LogP contribution in [0.4, 0.5) is 0 Å². The highest BCUT2D eigenvalue weighted by atomic mass is 16.7. The first-order chi connectivity index (χ1) is 13.7. The van der Waals surface area contributed by atoms with Crippen LogP contribution in [0.25, 0.3) is 0 Å². The molecule has 1 amide bonds. The summed E-state index contributed by atoms with van der Waals surface area (Å²) in [6, 6.07) is 7.76. The van der Waals surface area contributed by atoms with Crippen molar-refractivity contribution in [2.75, 3.05) is 13.7 Å². The van der Waals surface area contributed by atoms with Crippen LogP contribution in [0.1, 0.15) is 49.2 Å². The Kier molecular flexibility index (Phi) is 4.91. The van der Waals surface area contributed by atoms with Crippen molar-refractivity contribution in [1.29, 1.82) is 0 Å². The van der Waals surface area contributed by atoms with E-state index in [4.69, 9.17) is 14.0 Å². The first kappa shape index (κ1) is 19.9. The first-order valence-electron chi connectivity index (χ1n) is 9.96. The number of carbonyl (C=O) groups excluding carboxylic acids is 1. The van der Waals surface area contributed by atoms with Gasteiger partial charge < -0.3 is 18.9 Å². The molecule has 29 heavy (non-hydrogen) atoms. The lowest BCUT2D eigenvalue weighted by Crippen LogP contribution is -2.41. The zero-order chi connectivity index (χ0) is 20.8. The second-order valence-electron chi connectivity index (χ2n) is 8.68. The number of carbonyl (C=O) groups is 1. The Hall–Kier alpha value is -2.38. The molecule has 0 saturated carbocycles. The third kappa shape index (κ3) is 3.53. The number of fused-ring (bicyclic) bond motifs is 1. The Balaban J connectivity index is 1.63. The van der Waals surface area contributed by atoms with Crippen LogP contribution in [0.15, 0.2) is 36.7 Å². The summed E-state index contributed by atoms with van der Waals surface area (Å²) in [5.41, 5.74) is 2.72. The number of hydrogen-bond acceptors (Lipinski definition) is 5. The minimum atomic E-state index is -0.482. The summed E-state index contributed by atoms with van der Waals surface area (Å²) in [4.78, 5) is 19.1. The summed E-state index contributed by atoms with van der Waals surface area (Å²) in [6.07, 6.45) is 4.25. The van der Waals surface area contributed by atoms with E-state index in [2.05, 4.69) is 4.98 Å². The van der Waals surface area contributed by atoms with E-state index in [1.807, 2.05) is 56.9 Å². The molecule has 0 aliphatic carbocycles. The lowest BCUT2D eigenvalue weighted by Gasteiger charge is -2.32. The van der Waals surface area contributed by atoms with Crippen LogP contribution in [-0.4, -0.2) is 47.8 Å². The summed E-state index contributed by atoms with van der Waals surface area (Å²) >= 11 is 0. The topological polar surface area (TPSA) is 60.9 Å². The molecule has 7 heteroatoms. The van der Waals surface area contributed by atoms with Gasteiger partial charge in [-0.3, -0.25) is 9.78 Å². The van der Waals surface area contributed by atoms with E-state index in [-0.39, 0.29) is 5.91 Å². The van der Waals surface area contributed by atoms with Gasteiger partial charge in [0.1, 0.15) is 5.75 Å². The second-order valence-corrected chi connectivity index (χ2v) is 8.68. The molecule has 0 spiro atoms. The van der Waals surface area contributed by atoms with Crippen LogP contribution < -0.4 is 10.2 Å². The van der Waals surface area contributed by atoms with E-state index in [1.165, 1.54) is 0 Å². The fourth-order valence-electron chi connectivity index (χ4n) is 3.79. The predicted molar refractivity (Wildman–Crippen MR) is 111 cm³/mol. The van der Waals surface area contributed by atoms with Crippen LogP contribution in [0, 0.1) is 0 Å². The number of pyridine rings is 1. The zero-order valence-corrected chi connectivity index (χ0v) is 17.7. The average molecular weight is 394 g/mol. The fourth-order valence-corrected chi connectivity index (χ4v) is 3.79. The maximum atomic E-state index is 13.2. The third-order valence-corrected chi connectivity index (χ3v) is 6.23. The van der Waals surface area contributed by atoms with Gasteiger partial charge in [-0.1, -0.05) is 6.07 Å². The highest BCUT2D eigenvalue weighted by Gasteiger charge is 2.52. The van der Waals surface area contributed by atoms with Gasteiger partial charge in [-0.2, -0.15) is 0 Å². The van der Waals surface area contributed by atoms with Crippen LogP contribution in [0.5, 0.6) is 5.75 Å². The highest BCUT2D eigenvalue weighted by Crippen LogP contribution is 2.37. The molecule has 4 rings (SSSR count). The lowest BCUT2D eigenvalue weighted by atomic mass is 9.76. The maximum Gasteiger partial charge on any atom is 0.494 e. The van der Waals surface area contributed by atoms with Crippen molar-refractivity contribution < 1.29 is 18.8 Å². The molecule has 1 aromatic carbocycles. The number of nitrogens with zero attached hydrogens (tertiary/aromatic N) is 2. The average Bonchev–Trinajstić information content (AvgIpc) is 2.91. The molecule has 1 saturated heterocycles. The molecule has 152 valence electrons. The molecule has 0 N–H and O–H groups in total. The monoisotopic (exact) mass is 394 g/mol. The number of amides is 1. The second kappa shape index (κ2) is 7.15. The van der Waals surface area contributed by atoms with Crippen LogP contribution >= 0.6 is 0 Å². The quantitative estimate of drug-likeness (QED) is 0.747. The van der Waals surface area contributed by atoms with Crippen molar-refractivity contribution in [2.24, 2.45) is 0 Å². The molecule has 2 aromatic rings. The summed E-state index contributed by atoms with van der Waals surface area (Å²) in [7, 11) is 1.11. The highest BCUT2D eigenvalue weighted by molar-refractivity contribution is 6.62. The largest absolute Gasteiger partial charge is 0.496 e. The number of benzene rings is 1. The van der Waals surface area contributed by atoms with Gasteiger partial charge in [-0.15, -0.1) is 0 Å². The molecule has 0 bridgehead atoms. The number of hydrogen-bond donors (Lipinski definition) is 0. The van der Waals surface area contributed by atoms with E-state index < -0.39 is 18.3 Å². The first-order valence-corrected chi connectivity index (χ1v) is 9.96. The van der Waals surface area contributed by atoms with Crippen LogP contribution in [-0.2, 0) is 22.3 Å². The van der Waals surface area contributed by atoms with Gasteiger partial charge in [0, 0.05) is 25.5 Å². The summed E-state index contributed by atoms with van der Waals surface area (Å²) in [5.74, 6) is 0.553. The van der Waals surface area contributed by atoms with E-state index >= 15 is 0 Å². The van der Waals surface area contributed by atoms with Crippen molar-refractivity contribution in [1.82, 2.24) is 9.88 Å². The number of rotatable bonds is 4. The van der Waals surface area contributed by atoms with Gasteiger partial charge in [-0.25, -0.2) is 0 Å². The molecule has 0 radical (unpaired) electrons. The molecule has 2 aliphatic rings. The number of aromatic nitrogens is 1. The molecule has 1 fully saturated rings. The summed E-state index contributed by atoms with van der Waals surface area (Å²) < 4.78 is 18.0. The molecule has 2 aliphatic heterocycles. The number of methoxy groups -OCH3 is 1. The Morgan fingerprint density at radius 3 is 2.41 bits per heavy atom. The molecular formula is C22H27BN2O4. The summed E-state index contributed by atoms with van der Waals surface area (Å²) in [5, 5.41) is 0. The minimum Gasteiger partial charge on any atom is -0.496 e. The maximum absolute atomic E-state index is 13.2. The van der Waals surface area contributed by atoms with Gasteiger partial charge in [0.25, 0.3) is 5.91 Å². The molecule has 0 atom stereocenters. The Morgan fingerprint density at radius 1 is 1.14 bits per heavy atom. The van der Waals surface area contributed by atoms with Gasteiger partial charge in [-0.05, 0) is 68.9 Å². The van der Waals surface area contributed by atoms with Gasteiger partial charge >= 0.3 is 7.12 Å². The Labute approximate surface area is 172 Å².